The number of hydrogen-bond acceptors (Lipinski definition) is 5. The van der Waals surface area contributed by atoms with Gasteiger partial charge in [0.1, 0.15) is 24.4 Å². The third kappa shape index (κ3) is 11.2. The second-order valence-corrected chi connectivity index (χ2v) is 7.68. The predicted molar refractivity (Wildman–Crippen MR) is 109 cm³/mol. The lowest BCUT2D eigenvalue weighted by Crippen LogP contribution is -2.41. The summed E-state index contributed by atoms with van der Waals surface area (Å²) in [6.45, 7) is 2.70. The molecule has 1 rings (SSSR count). The fourth-order valence-corrected chi connectivity index (χ4v) is 3.42. The van der Waals surface area contributed by atoms with Crippen LogP contribution in [0.5, 0.6) is 0 Å². The van der Waals surface area contributed by atoms with Gasteiger partial charge in [-0.1, -0.05) is 70.4 Å². The average molecular weight is 387 g/mol. The Labute approximate surface area is 165 Å². The molecule has 1 heterocycles. The lowest BCUT2D eigenvalue weighted by Gasteiger charge is -2.20. The van der Waals surface area contributed by atoms with E-state index < -0.39 is 31.0 Å². The summed E-state index contributed by atoms with van der Waals surface area (Å²) in [5.74, 6) is 0. The van der Waals surface area contributed by atoms with Gasteiger partial charge in [0.05, 0.1) is 13.2 Å². The van der Waals surface area contributed by atoms with E-state index in [1.54, 1.807) is 0 Å². The summed E-state index contributed by atoms with van der Waals surface area (Å²) in [6.07, 6.45) is 16.6. The van der Waals surface area contributed by atoms with Crippen molar-refractivity contribution in [3.05, 3.63) is 12.2 Å². The Morgan fingerprint density at radius 2 is 1.56 bits per heavy atom. The fourth-order valence-electron chi connectivity index (χ4n) is 3.42. The Kier molecular flexibility index (Phi) is 15.0. The molecule has 160 valence electrons. The first-order valence-corrected chi connectivity index (χ1v) is 11.1. The molecule has 27 heavy (non-hydrogen) atoms. The lowest BCUT2D eigenvalue weighted by molar-refractivity contribution is -0.0730. The van der Waals surface area contributed by atoms with E-state index in [9.17, 15) is 10.2 Å². The number of ether oxygens (including phenoxy) is 2. The molecule has 5 heteroatoms. The van der Waals surface area contributed by atoms with Crippen molar-refractivity contribution in [3.63, 3.8) is 0 Å². The van der Waals surface area contributed by atoms with Gasteiger partial charge in [0.2, 0.25) is 0 Å². The van der Waals surface area contributed by atoms with Crippen LogP contribution in [0, 0.1) is 0 Å². The monoisotopic (exact) mass is 386 g/mol. The van der Waals surface area contributed by atoms with E-state index in [2.05, 4.69) is 19.1 Å². The van der Waals surface area contributed by atoms with Crippen LogP contribution in [0.3, 0.4) is 0 Å². The smallest absolute Gasteiger partial charge is 0.114 e. The van der Waals surface area contributed by atoms with E-state index in [0.717, 1.165) is 12.8 Å². The van der Waals surface area contributed by atoms with E-state index >= 15 is 0 Å². The summed E-state index contributed by atoms with van der Waals surface area (Å²) in [5.41, 5.74) is 0. The molecule has 1 saturated heterocycles. The van der Waals surface area contributed by atoms with Crippen molar-refractivity contribution in [2.24, 2.45) is 0 Å². The van der Waals surface area contributed by atoms with E-state index in [0.29, 0.717) is 6.61 Å². The first-order chi connectivity index (χ1) is 13.2. The molecule has 3 N–H and O–H groups in total. The molecule has 0 spiro atoms. The van der Waals surface area contributed by atoms with Gasteiger partial charge in [0.15, 0.2) is 0 Å². The van der Waals surface area contributed by atoms with Crippen LogP contribution in [0.15, 0.2) is 12.2 Å². The van der Waals surface area contributed by atoms with Crippen LogP contribution in [0.25, 0.3) is 0 Å². The van der Waals surface area contributed by atoms with Crippen LogP contribution < -0.4 is 0 Å². The van der Waals surface area contributed by atoms with Crippen molar-refractivity contribution in [1.82, 2.24) is 0 Å². The van der Waals surface area contributed by atoms with Crippen LogP contribution in [0.1, 0.15) is 84.0 Å². The largest absolute Gasteiger partial charge is 0.394 e. The maximum atomic E-state index is 10.0. The zero-order valence-corrected chi connectivity index (χ0v) is 17.2. The lowest BCUT2D eigenvalue weighted by atomic mass is 10.1. The minimum absolute atomic E-state index is 0.274. The van der Waals surface area contributed by atoms with Gasteiger partial charge in [-0.2, -0.15) is 0 Å². The molecule has 1 aliphatic heterocycles. The van der Waals surface area contributed by atoms with Gasteiger partial charge in [0.25, 0.3) is 0 Å². The maximum Gasteiger partial charge on any atom is 0.114 e. The van der Waals surface area contributed by atoms with Crippen LogP contribution >= 0.6 is 0 Å². The van der Waals surface area contributed by atoms with Crippen molar-refractivity contribution in [2.45, 2.75) is 108 Å². The fraction of sp³-hybridized carbons (Fsp3) is 0.909. The summed E-state index contributed by atoms with van der Waals surface area (Å²) in [4.78, 5) is 0. The number of rotatable bonds is 17. The standard InChI is InChI=1S/C22H42O5/c1-2-3-4-5-6-7-8-9-10-11-12-13-14-15-16-26-20-18-27-22(21(20)25)19(24)17-23/h5-6,19-25H,2-4,7-18H2,1H3/b6-5+/t19-,20+,21+,22+/m0/s1. The van der Waals surface area contributed by atoms with Gasteiger partial charge in [0, 0.05) is 6.61 Å². The summed E-state index contributed by atoms with van der Waals surface area (Å²) in [6, 6.07) is 0. The van der Waals surface area contributed by atoms with E-state index in [4.69, 9.17) is 14.6 Å². The van der Waals surface area contributed by atoms with Crippen molar-refractivity contribution in [1.29, 1.82) is 0 Å². The summed E-state index contributed by atoms with van der Waals surface area (Å²) < 4.78 is 11.0. The highest BCUT2D eigenvalue weighted by molar-refractivity contribution is 4.88. The Bertz CT molecular complexity index is 361. The molecule has 0 aliphatic carbocycles. The van der Waals surface area contributed by atoms with E-state index in [1.165, 1.54) is 64.2 Å². The Morgan fingerprint density at radius 1 is 0.963 bits per heavy atom. The molecule has 0 aromatic rings. The number of allylic oxidation sites excluding steroid dienone is 2. The molecular formula is C22H42O5. The Balaban J connectivity index is 1.85. The van der Waals surface area contributed by atoms with Gasteiger partial charge >= 0.3 is 0 Å². The van der Waals surface area contributed by atoms with E-state index in [-0.39, 0.29) is 6.61 Å². The second-order valence-electron chi connectivity index (χ2n) is 7.68. The highest BCUT2D eigenvalue weighted by atomic mass is 16.6. The molecule has 0 saturated carbocycles. The summed E-state index contributed by atoms with van der Waals surface area (Å²) >= 11 is 0. The zero-order chi connectivity index (χ0) is 19.7. The molecule has 0 unspecified atom stereocenters. The second kappa shape index (κ2) is 16.5. The van der Waals surface area contributed by atoms with Crippen LogP contribution in [-0.4, -0.2) is 59.6 Å². The maximum absolute atomic E-state index is 10.0. The quantitative estimate of drug-likeness (QED) is 0.262. The third-order valence-electron chi connectivity index (χ3n) is 5.22. The van der Waals surface area contributed by atoms with Crippen molar-refractivity contribution >= 4 is 0 Å². The Hall–Kier alpha value is -0.460. The minimum atomic E-state index is -1.05. The zero-order valence-electron chi connectivity index (χ0n) is 17.2. The minimum Gasteiger partial charge on any atom is -0.394 e. The van der Waals surface area contributed by atoms with Crippen LogP contribution in [0.2, 0.25) is 0 Å². The summed E-state index contributed by atoms with van der Waals surface area (Å²) in [5, 5.41) is 28.5. The highest BCUT2D eigenvalue weighted by Crippen LogP contribution is 2.20. The number of aliphatic hydroxyl groups excluding tert-OH is 3. The number of hydrogen-bond donors (Lipinski definition) is 3. The molecule has 1 fully saturated rings. The van der Waals surface area contributed by atoms with E-state index in [1.807, 2.05) is 0 Å². The SMILES string of the molecule is CCCC/C=C/CCCCCCCCCCO[C@@H]1CO[C@H]([C@@H](O)CO)[C@@H]1O. The number of aliphatic hydroxyl groups is 3. The molecule has 0 bridgehead atoms. The van der Waals surface area contributed by atoms with Gasteiger partial charge in [-0.05, 0) is 25.7 Å². The van der Waals surface area contributed by atoms with Crippen molar-refractivity contribution in [3.8, 4) is 0 Å². The highest BCUT2D eigenvalue weighted by Gasteiger charge is 2.40. The van der Waals surface area contributed by atoms with Crippen LogP contribution in [-0.2, 0) is 9.47 Å². The van der Waals surface area contributed by atoms with Gasteiger partial charge in [-0.15, -0.1) is 0 Å². The van der Waals surface area contributed by atoms with Gasteiger partial charge in [-0.25, -0.2) is 0 Å². The normalized spacial score (nSPS) is 24.1. The van der Waals surface area contributed by atoms with Gasteiger partial charge in [-0.3, -0.25) is 0 Å². The Morgan fingerprint density at radius 3 is 2.19 bits per heavy atom. The summed E-state index contributed by atoms with van der Waals surface area (Å²) in [7, 11) is 0. The first-order valence-electron chi connectivity index (χ1n) is 11.1. The molecule has 0 amide bonds. The third-order valence-corrected chi connectivity index (χ3v) is 5.22. The predicted octanol–water partition coefficient (Wildman–Crippen LogP) is 3.74. The topological polar surface area (TPSA) is 79.2 Å². The van der Waals surface area contributed by atoms with Crippen LogP contribution in [0.4, 0.5) is 0 Å². The average Bonchev–Trinajstić information content (AvgIpc) is 3.04. The molecule has 0 radical (unpaired) electrons. The molecule has 1 aliphatic rings. The molecule has 5 nitrogen and oxygen atoms in total. The van der Waals surface area contributed by atoms with Gasteiger partial charge < -0.3 is 24.8 Å². The van der Waals surface area contributed by atoms with Crippen molar-refractivity contribution in [2.75, 3.05) is 19.8 Å². The molecule has 4 atom stereocenters. The molecule has 0 aromatic heterocycles. The molecule has 0 aromatic carbocycles. The first kappa shape index (κ1) is 24.6. The number of unbranched alkanes of at least 4 members (excludes halogenated alkanes) is 10. The van der Waals surface area contributed by atoms with Crippen molar-refractivity contribution < 1.29 is 24.8 Å². The molecular weight excluding hydrogens is 344 g/mol.